The Hall–Kier alpha value is -2.40. The van der Waals surface area contributed by atoms with Crippen molar-refractivity contribution < 1.29 is 19.7 Å². The monoisotopic (exact) mass is 259 g/mol. The second-order valence-electron chi connectivity index (χ2n) is 4.00. The molecule has 0 saturated carbocycles. The van der Waals surface area contributed by atoms with Gasteiger partial charge in [-0.25, -0.2) is 9.78 Å². The Kier molecular flexibility index (Phi) is 3.77. The number of carboxylic acid groups (broad SMARTS) is 1. The van der Waals surface area contributed by atoms with Crippen molar-refractivity contribution in [2.24, 2.45) is 0 Å². The van der Waals surface area contributed by atoms with Crippen LogP contribution in [0.1, 0.15) is 21.6 Å². The Morgan fingerprint density at radius 3 is 2.74 bits per heavy atom. The molecule has 0 aliphatic heterocycles. The molecule has 2 rings (SSSR count). The molecule has 0 aliphatic carbocycles. The molecule has 19 heavy (non-hydrogen) atoms. The summed E-state index contributed by atoms with van der Waals surface area (Å²) in [5.41, 5.74) is 1.27. The summed E-state index contributed by atoms with van der Waals surface area (Å²) in [6.07, 6.45) is 0. The van der Waals surface area contributed by atoms with E-state index in [1.54, 1.807) is 31.2 Å². The lowest BCUT2D eigenvalue weighted by atomic mass is 10.2. The van der Waals surface area contributed by atoms with E-state index in [9.17, 15) is 4.79 Å². The van der Waals surface area contributed by atoms with Gasteiger partial charge in [0.2, 0.25) is 5.88 Å². The Morgan fingerprint density at radius 2 is 2.11 bits per heavy atom. The van der Waals surface area contributed by atoms with Crippen molar-refractivity contribution in [2.75, 3.05) is 0 Å². The molecule has 2 N–H and O–H groups in total. The summed E-state index contributed by atoms with van der Waals surface area (Å²) in [6.45, 7) is 1.54. The molecule has 0 saturated heterocycles. The van der Waals surface area contributed by atoms with E-state index in [4.69, 9.17) is 14.9 Å². The fourth-order valence-corrected chi connectivity index (χ4v) is 1.65. The summed E-state index contributed by atoms with van der Waals surface area (Å²) in [5.74, 6) is -0.155. The first-order chi connectivity index (χ1) is 9.10. The minimum absolute atomic E-state index is 0.0678. The van der Waals surface area contributed by atoms with Crippen molar-refractivity contribution in [3.8, 4) is 11.6 Å². The van der Waals surface area contributed by atoms with Crippen LogP contribution >= 0.6 is 0 Å². The normalized spacial score (nSPS) is 10.2. The molecule has 0 atom stereocenters. The van der Waals surface area contributed by atoms with Crippen LogP contribution in [0.4, 0.5) is 0 Å². The number of ether oxygens (including phenoxy) is 1. The van der Waals surface area contributed by atoms with Gasteiger partial charge < -0.3 is 14.9 Å². The highest BCUT2D eigenvalue weighted by Crippen LogP contribution is 2.21. The zero-order chi connectivity index (χ0) is 13.8. The summed E-state index contributed by atoms with van der Waals surface area (Å²) in [5, 5.41) is 17.9. The number of aliphatic hydroxyl groups is 1. The first kappa shape index (κ1) is 13.0. The summed E-state index contributed by atoms with van der Waals surface area (Å²) >= 11 is 0. The van der Waals surface area contributed by atoms with Gasteiger partial charge in [-0.1, -0.05) is 12.1 Å². The maximum absolute atomic E-state index is 10.9. The number of aliphatic hydroxyl groups excluding tert-OH is 1. The largest absolute Gasteiger partial charge is 0.478 e. The van der Waals surface area contributed by atoms with Gasteiger partial charge in [0, 0.05) is 6.07 Å². The number of aromatic nitrogens is 1. The van der Waals surface area contributed by atoms with E-state index < -0.39 is 5.97 Å². The molecule has 2 aromatic rings. The lowest BCUT2D eigenvalue weighted by Gasteiger charge is -2.07. The molecular formula is C14H13NO4. The number of benzene rings is 1. The molecule has 1 aromatic heterocycles. The highest BCUT2D eigenvalue weighted by atomic mass is 16.5. The van der Waals surface area contributed by atoms with Crippen molar-refractivity contribution in [1.82, 2.24) is 4.98 Å². The van der Waals surface area contributed by atoms with E-state index in [0.29, 0.717) is 17.3 Å². The van der Waals surface area contributed by atoms with Crippen molar-refractivity contribution >= 4 is 5.97 Å². The fraction of sp³-hybridized carbons (Fsp3) is 0.143. The quantitative estimate of drug-likeness (QED) is 0.881. The topological polar surface area (TPSA) is 79.7 Å². The van der Waals surface area contributed by atoms with Crippen LogP contribution in [0, 0.1) is 6.92 Å². The van der Waals surface area contributed by atoms with Crippen molar-refractivity contribution in [1.29, 1.82) is 0 Å². The molecule has 5 heteroatoms. The average Bonchev–Trinajstić information content (AvgIpc) is 2.38. The Bertz CT molecular complexity index is 610. The minimum atomic E-state index is -1.01. The predicted octanol–water partition coefficient (Wildman–Crippen LogP) is 2.37. The van der Waals surface area contributed by atoms with Crippen LogP contribution in [-0.4, -0.2) is 21.2 Å². The minimum Gasteiger partial charge on any atom is -0.478 e. The van der Waals surface area contributed by atoms with Crippen molar-refractivity contribution in [3.05, 3.63) is 53.2 Å². The molecule has 0 radical (unpaired) electrons. The molecule has 0 spiro atoms. The SMILES string of the molecule is Cc1nc(Oc2cccc(CO)c2)ccc1C(=O)O. The molecule has 0 unspecified atom stereocenters. The number of hydrogen-bond acceptors (Lipinski definition) is 4. The zero-order valence-electron chi connectivity index (χ0n) is 10.3. The number of aromatic carboxylic acids is 1. The van der Waals surface area contributed by atoms with Crippen LogP contribution in [0.15, 0.2) is 36.4 Å². The van der Waals surface area contributed by atoms with E-state index >= 15 is 0 Å². The Labute approximate surface area is 110 Å². The van der Waals surface area contributed by atoms with E-state index in [1.807, 2.05) is 0 Å². The molecule has 0 aliphatic rings. The van der Waals surface area contributed by atoms with Gasteiger partial charge in [-0.3, -0.25) is 0 Å². The number of nitrogens with zero attached hydrogens (tertiary/aromatic N) is 1. The number of carboxylic acids is 1. The third kappa shape index (κ3) is 3.08. The van der Waals surface area contributed by atoms with E-state index in [-0.39, 0.29) is 12.2 Å². The van der Waals surface area contributed by atoms with Gasteiger partial charge in [0.25, 0.3) is 0 Å². The summed E-state index contributed by atoms with van der Waals surface area (Å²) in [6, 6.07) is 9.93. The maximum atomic E-state index is 10.9. The van der Waals surface area contributed by atoms with Gasteiger partial charge in [-0.15, -0.1) is 0 Å². The highest BCUT2D eigenvalue weighted by molar-refractivity contribution is 5.88. The highest BCUT2D eigenvalue weighted by Gasteiger charge is 2.09. The second kappa shape index (κ2) is 5.49. The third-order valence-corrected chi connectivity index (χ3v) is 2.59. The average molecular weight is 259 g/mol. The van der Waals surface area contributed by atoms with Crippen molar-refractivity contribution in [2.45, 2.75) is 13.5 Å². The lowest BCUT2D eigenvalue weighted by molar-refractivity contribution is 0.0695. The molecule has 5 nitrogen and oxygen atoms in total. The molecule has 0 bridgehead atoms. The van der Waals surface area contributed by atoms with Crippen LogP contribution in [0.25, 0.3) is 0 Å². The Morgan fingerprint density at radius 1 is 1.32 bits per heavy atom. The lowest BCUT2D eigenvalue weighted by Crippen LogP contribution is -2.02. The smallest absolute Gasteiger partial charge is 0.337 e. The first-order valence-corrected chi connectivity index (χ1v) is 5.69. The van der Waals surface area contributed by atoms with Gasteiger partial charge in [-0.2, -0.15) is 0 Å². The van der Waals surface area contributed by atoms with Gasteiger partial charge in [0.05, 0.1) is 17.9 Å². The molecule has 0 fully saturated rings. The van der Waals surface area contributed by atoms with Crippen LogP contribution < -0.4 is 4.74 Å². The number of aryl methyl sites for hydroxylation is 1. The van der Waals surface area contributed by atoms with Crippen LogP contribution in [0.5, 0.6) is 11.6 Å². The fourth-order valence-electron chi connectivity index (χ4n) is 1.65. The van der Waals surface area contributed by atoms with Gasteiger partial charge in [-0.05, 0) is 30.7 Å². The summed E-state index contributed by atoms with van der Waals surface area (Å²) < 4.78 is 5.52. The summed E-state index contributed by atoms with van der Waals surface area (Å²) in [7, 11) is 0. The van der Waals surface area contributed by atoms with Crippen LogP contribution in [0.2, 0.25) is 0 Å². The van der Waals surface area contributed by atoms with Crippen LogP contribution in [0.3, 0.4) is 0 Å². The number of carbonyl (C=O) groups is 1. The molecule has 1 aromatic carbocycles. The van der Waals surface area contributed by atoms with E-state index in [2.05, 4.69) is 4.98 Å². The number of pyridine rings is 1. The molecular weight excluding hydrogens is 246 g/mol. The predicted molar refractivity (Wildman–Crippen MR) is 68.4 cm³/mol. The standard InChI is InChI=1S/C14H13NO4/c1-9-12(14(17)18)5-6-13(15-9)19-11-4-2-3-10(7-11)8-16/h2-7,16H,8H2,1H3,(H,17,18). The number of rotatable bonds is 4. The first-order valence-electron chi connectivity index (χ1n) is 5.69. The second-order valence-corrected chi connectivity index (χ2v) is 4.00. The van der Waals surface area contributed by atoms with Gasteiger partial charge >= 0.3 is 5.97 Å². The third-order valence-electron chi connectivity index (χ3n) is 2.59. The maximum Gasteiger partial charge on any atom is 0.337 e. The van der Waals surface area contributed by atoms with Crippen LogP contribution in [-0.2, 0) is 6.61 Å². The van der Waals surface area contributed by atoms with Crippen molar-refractivity contribution in [3.63, 3.8) is 0 Å². The zero-order valence-corrected chi connectivity index (χ0v) is 10.3. The molecule has 0 amide bonds. The molecule has 98 valence electrons. The molecule has 1 heterocycles. The number of hydrogen-bond donors (Lipinski definition) is 2. The summed E-state index contributed by atoms with van der Waals surface area (Å²) in [4.78, 5) is 14.9. The Balaban J connectivity index is 2.23. The van der Waals surface area contributed by atoms with E-state index in [0.717, 1.165) is 5.56 Å². The van der Waals surface area contributed by atoms with Gasteiger partial charge in [0.15, 0.2) is 0 Å². The van der Waals surface area contributed by atoms with Gasteiger partial charge in [0.1, 0.15) is 5.75 Å². The van der Waals surface area contributed by atoms with E-state index in [1.165, 1.54) is 12.1 Å².